The van der Waals surface area contributed by atoms with Gasteiger partial charge in [0.1, 0.15) is 18.0 Å². The third-order valence-corrected chi connectivity index (χ3v) is 4.43. The van der Waals surface area contributed by atoms with E-state index >= 15 is 0 Å². The maximum absolute atomic E-state index is 14.1. The van der Waals surface area contributed by atoms with Crippen LogP contribution in [0.1, 0.15) is 18.6 Å². The summed E-state index contributed by atoms with van der Waals surface area (Å²) in [6, 6.07) is 16.4. The molecule has 0 saturated carbocycles. The molecule has 0 spiro atoms. The van der Waals surface area contributed by atoms with Crippen molar-refractivity contribution >= 4 is 11.0 Å². The Morgan fingerprint density at radius 1 is 0.962 bits per heavy atom. The average molecular weight is 350 g/mol. The number of halogens is 2. The molecule has 1 atom stereocenters. The summed E-state index contributed by atoms with van der Waals surface area (Å²) in [4.78, 5) is 4.38. The van der Waals surface area contributed by atoms with Gasteiger partial charge in [0.2, 0.25) is 0 Å². The van der Waals surface area contributed by atoms with Gasteiger partial charge in [0.15, 0.2) is 0 Å². The molecule has 0 bridgehead atoms. The number of hydrogen-bond donors (Lipinski definition) is 1. The van der Waals surface area contributed by atoms with E-state index in [-0.39, 0.29) is 5.56 Å². The van der Waals surface area contributed by atoms with E-state index in [1.54, 1.807) is 31.5 Å². The number of aliphatic hydroxyl groups excluding tert-OH is 1. The normalized spacial score (nSPS) is 12.5. The van der Waals surface area contributed by atoms with Crippen molar-refractivity contribution in [2.24, 2.45) is 0 Å². The Morgan fingerprint density at radius 2 is 1.69 bits per heavy atom. The summed E-state index contributed by atoms with van der Waals surface area (Å²) in [6.07, 6.45) is 1.09. The van der Waals surface area contributed by atoms with E-state index in [1.807, 2.05) is 28.8 Å². The van der Waals surface area contributed by atoms with Crippen molar-refractivity contribution in [3.63, 3.8) is 0 Å². The molecule has 5 heteroatoms. The first-order chi connectivity index (χ1) is 12.5. The highest BCUT2D eigenvalue weighted by atomic mass is 19.1. The van der Waals surface area contributed by atoms with Crippen molar-refractivity contribution in [1.82, 2.24) is 9.55 Å². The summed E-state index contributed by atoms with van der Waals surface area (Å²) in [6.45, 7) is 1.70. The molecule has 1 heterocycles. The second kappa shape index (κ2) is 6.35. The predicted octanol–water partition coefficient (Wildman–Crippen LogP) is 5.02. The van der Waals surface area contributed by atoms with Gasteiger partial charge in [-0.1, -0.05) is 24.3 Å². The molecule has 4 aromatic rings. The fraction of sp³-hybridized carbons (Fsp3) is 0.0952. The number of hydrogen-bond acceptors (Lipinski definition) is 2. The average Bonchev–Trinajstić information content (AvgIpc) is 3.05. The maximum Gasteiger partial charge on any atom is 0.133 e. The molecule has 0 fully saturated rings. The predicted molar refractivity (Wildman–Crippen MR) is 97.1 cm³/mol. The second-order valence-corrected chi connectivity index (χ2v) is 6.19. The van der Waals surface area contributed by atoms with Crippen LogP contribution in [0, 0.1) is 11.6 Å². The molecular formula is C21H16F2N2O. The molecular weight excluding hydrogens is 334 g/mol. The number of aromatic nitrogens is 2. The summed E-state index contributed by atoms with van der Waals surface area (Å²) in [5.74, 6) is -1.20. The monoisotopic (exact) mass is 350 g/mol. The zero-order valence-electron chi connectivity index (χ0n) is 14.0. The SMILES string of the molecule is C[C@@H](O)c1ccc2c(c1)ncn2-c1cccc(-c2c(F)cccc2F)c1. The minimum absolute atomic E-state index is 0.0461. The fourth-order valence-corrected chi connectivity index (χ4v) is 3.08. The van der Waals surface area contributed by atoms with Crippen LogP contribution < -0.4 is 0 Å². The molecule has 0 aliphatic heterocycles. The van der Waals surface area contributed by atoms with E-state index in [0.717, 1.165) is 22.3 Å². The molecule has 0 unspecified atom stereocenters. The van der Waals surface area contributed by atoms with Crippen LogP contribution in [0.4, 0.5) is 8.78 Å². The van der Waals surface area contributed by atoms with Crippen molar-refractivity contribution in [2.75, 3.05) is 0 Å². The van der Waals surface area contributed by atoms with Gasteiger partial charge >= 0.3 is 0 Å². The Bertz CT molecular complexity index is 1080. The first kappa shape index (κ1) is 16.4. The third kappa shape index (κ3) is 2.76. The number of nitrogens with zero attached hydrogens (tertiary/aromatic N) is 2. The first-order valence-electron chi connectivity index (χ1n) is 8.24. The Morgan fingerprint density at radius 3 is 2.42 bits per heavy atom. The number of aliphatic hydroxyl groups is 1. The zero-order chi connectivity index (χ0) is 18.3. The van der Waals surface area contributed by atoms with Crippen molar-refractivity contribution in [3.8, 4) is 16.8 Å². The van der Waals surface area contributed by atoms with Gasteiger partial charge in [0, 0.05) is 5.69 Å². The molecule has 1 aromatic heterocycles. The number of fused-ring (bicyclic) bond motifs is 1. The highest BCUT2D eigenvalue weighted by Crippen LogP contribution is 2.29. The van der Waals surface area contributed by atoms with E-state index in [1.165, 1.54) is 18.2 Å². The van der Waals surface area contributed by atoms with Crippen LogP contribution in [-0.4, -0.2) is 14.7 Å². The molecule has 0 aliphatic rings. The molecule has 0 radical (unpaired) electrons. The van der Waals surface area contributed by atoms with Gasteiger partial charge in [-0.2, -0.15) is 0 Å². The molecule has 3 nitrogen and oxygen atoms in total. The largest absolute Gasteiger partial charge is 0.389 e. The van der Waals surface area contributed by atoms with Gasteiger partial charge in [0.05, 0.1) is 22.7 Å². The van der Waals surface area contributed by atoms with Crippen molar-refractivity contribution in [1.29, 1.82) is 0 Å². The molecule has 0 saturated heterocycles. The summed E-state index contributed by atoms with van der Waals surface area (Å²) >= 11 is 0. The first-order valence-corrected chi connectivity index (χ1v) is 8.24. The Balaban J connectivity index is 1.84. The third-order valence-electron chi connectivity index (χ3n) is 4.43. The summed E-state index contributed by atoms with van der Waals surface area (Å²) in [7, 11) is 0. The fourth-order valence-electron chi connectivity index (χ4n) is 3.08. The van der Waals surface area contributed by atoms with Crippen LogP contribution in [-0.2, 0) is 0 Å². The lowest BCUT2D eigenvalue weighted by atomic mass is 10.0. The maximum atomic E-state index is 14.1. The highest BCUT2D eigenvalue weighted by Gasteiger charge is 2.13. The minimum Gasteiger partial charge on any atom is -0.389 e. The van der Waals surface area contributed by atoms with E-state index in [2.05, 4.69) is 4.98 Å². The van der Waals surface area contributed by atoms with Crippen LogP contribution in [0.3, 0.4) is 0 Å². The zero-order valence-corrected chi connectivity index (χ0v) is 14.0. The number of benzene rings is 3. The Hall–Kier alpha value is -3.05. The Labute approximate surface area is 149 Å². The van der Waals surface area contributed by atoms with Gasteiger partial charge in [-0.3, -0.25) is 4.57 Å². The van der Waals surface area contributed by atoms with Crippen LogP contribution >= 0.6 is 0 Å². The molecule has 26 heavy (non-hydrogen) atoms. The summed E-state index contributed by atoms with van der Waals surface area (Å²) in [5, 5.41) is 9.72. The smallest absolute Gasteiger partial charge is 0.133 e. The van der Waals surface area contributed by atoms with Crippen LogP contribution in [0.5, 0.6) is 0 Å². The van der Waals surface area contributed by atoms with E-state index in [4.69, 9.17) is 0 Å². The summed E-state index contributed by atoms with van der Waals surface area (Å²) < 4.78 is 30.1. The molecule has 4 rings (SSSR count). The van der Waals surface area contributed by atoms with Gasteiger partial charge in [-0.25, -0.2) is 13.8 Å². The lowest BCUT2D eigenvalue weighted by Crippen LogP contribution is -1.95. The van der Waals surface area contributed by atoms with Crippen LogP contribution in [0.25, 0.3) is 27.8 Å². The van der Waals surface area contributed by atoms with Crippen LogP contribution in [0.2, 0.25) is 0 Å². The second-order valence-electron chi connectivity index (χ2n) is 6.19. The standard InChI is InChI=1S/C21H16F2N2O/c1-13(26)14-8-9-20-19(11-14)24-12-25(20)16-5-2-4-15(10-16)21-17(22)6-3-7-18(21)23/h2-13,26H,1H3/t13-/m1/s1. The lowest BCUT2D eigenvalue weighted by molar-refractivity contribution is 0.199. The number of imidazole rings is 1. The van der Waals surface area contributed by atoms with E-state index in [0.29, 0.717) is 5.56 Å². The molecule has 130 valence electrons. The highest BCUT2D eigenvalue weighted by molar-refractivity contribution is 5.79. The number of rotatable bonds is 3. The quantitative estimate of drug-likeness (QED) is 0.563. The van der Waals surface area contributed by atoms with Crippen molar-refractivity contribution < 1.29 is 13.9 Å². The van der Waals surface area contributed by atoms with Gasteiger partial charge < -0.3 is 5.11 Å². The molecule has 3 aromatic carbocycles. The summed E-state index contributed by atoms with van der Waals surface area (Å²) in [5.41, 5.74) is 3.53. The molecule has 1 N–H and O–H groups in total. The minimum atomic E-state index is -0.598. The molecule has 0 aliphatic carbocycles. The van der Waals surface area contributed by atoms with Crippen LogP contribution in [0.15, 0.2) is 67.0 Å². The van der Waals surface area contributed by atoms with E-state index < -0.39 is 17.7 Å². The topological polar surface area (TPSA) is 38.1 Å². The van der Waals surface area contributed by atoms with E-state index in [9.17, 15) is 13.9 Å². The lowest BCUT2D eigenvalue weighted by Gasteiger charge is -2.10. The van der Waals surface area contributed by atoms with Crippen molar-refractivity contribution in [3.05, 3.63) is 84.2 Å². The van der Waals surface area contributed by atoms with Gasteiger partial charge in [-0.15, -0.1) is 0 Å². The van der Waals surface area contributed by atoms with Gasteiger partial charge in [-0.05, 0) is 54.4 Å². The van der Waals surface area contributed by atoms with Crippen molar-refractivity contribution in [2.45, 2.75) is 13.0 Å². The Kier molecular flexibility index (Phi) is 4.01. The van der Waals surface area contributed by atoms with Gasteiger partial charge in [0.25, 0.3) is 0 Å². The molecule has 0 amide bonds.